The van der Waals surface area contributed by atoms with Crippen LogP contribution in [0.4, 0.5) is 0 Å². The third kappa shape index (κ3) is 4.57. The summed E-state index contributed by atoms with van der Waals surface area (Å²) in [5.41, 5.74) is 1.02. The van der Waals surface area contributed by atoms with E-state index in [1.54, 1.807) is 6.92 Å². The van der Waals surface area contributed by atoms with Gasteiger partial charge in [0.25, 0.3) is 0 Å². The lowest BCUT2D eigenvalue weighted by molar-refractivity contribution is -0.116. The summed E-state index contributed by atoms with van der Waals surface area (Å²) in [6.45, 7) is 2.71. The molecule has 1 aromatic rings. The second-order valence-electron chi connectivity index (χ2n) is 4.60. The Morgan fingerprint density at radius 1 is 1.29 bits per heavy atom. The van der Waals surface area contributed by atoms with Gasteiger partial charge in [-0.1, -0.05) is 12.1 Å². The van der Waals surface area contributed by atoms with Crippen LogP contribution in [-0.2, 0) is 16.0 Å². The molecule has 0 aromatic heterocycles. The van der Waals surface area contributed by atoms with Crippen molar-refractivity contribution in [2.45, 2.75) is 26.2 Å². The minimum atomic E-state index is 0.173. The minimum absolute atomic E-state index is 0.173. The molecule has 3 nitrogen and oxygen atoms in total. The van der Waals surface area contributed by atoms with Gasteiger partial charge in [-0.25, -0.2) is 0 Å². The van der Waals surface area contributed by atoms with Gasteiger partial charge in [0.15, 0.2) is 6.79 Å². The molecule has 1 saturated carbocycles. The molecule has 0 aliphatic heterocycles. The maximum atomic E-state index is 10.9. The van der Waals surface area contributed by atoms with Crippen LogP contribution in [0.5, 0.6) is 5.75 Å². The molecule has 0 bridgehead atoms. The van der Waals surface area contributed by atoms with Gasteiger partial charge in [0.2, 0.25) is 0 Å². The maximum absolute atomic E-state index is 10.9. The van der Waals surface area contributed by atoms with Crippen LogP contribution in [0.15, 0.2) is 24.3 Å². The number of ketones is 1. The van der Waals surface area contributed by atoms with E-state index in [0.29, 0.717) is 13.2 Å². The fourth-order valence-electron chi connectivity index (χ4n) is 1.60. The predicted octanol–water partition coefficient (Wildman–Crippen LogP) is 2.58. The molecular formula is C14H18O3. The maximum Gasteiger partial charge on any atom is 0.189 e. The van der Waals surface area contributed by atoms with Gasteiger partial charge in [-0.3, -0.25) is 4.79 Å². The molecule has 1 fully saturated rings. The monoisotopic (exact) mass is 234 g/mol. The first-order valence-corrected chi connectivity index (χ1v) is 6.03. The first-order chi connectivity index (χ1) is 8.24. The van der Waals surface area contributed by atoms with E-state index < -0.39 is 0 Å². The van der Waals surface area contributed by atoms with E-state index in [1.165, 1.54) is 12.8 Å². The zero-order valence-corrected chi connectivity index (χ0v) is 10.1. The lowest BCUT2D eigenvalue weighted by Crippen LogP contribution is -2.05. The summed E-state index contributed by atoms with van der Waals surface area (Å²) in [6.07, 6.45) is 3.07. The van der Waals surface area contributed by atoms with E-state index in [9.17, 15) is 4.79 Å². The molecule has 17 heavy (non-hydrogen) atoms. The third-order valence-electron chi connectivity index (χ3n) is 2.74. The Bertz CT molecular complexity index is 366. The average Bonchev–Trinajstić information content (AvgIpc) is 3.10. The van der Waals surface area contributed by atoms with Crippen LogP contribution in [-0.4, -0.2) is 19.2 Å². The van der Waals surface area contributed by atoms with Gasteiger partial charge in [-0.2, -0.15) is 0 Å². The highest BCUT2D eigenvalue weighted by Crippen LogP contribution is 2.28. The van der Waals surface area contributed by atoms with Gasteiger partial charge in [-0.15, -0.1) is 0 Å². The molecule has 0 spiro atoms. The first kappa shape index (κ1) is 12.1. The van der Waals surface area contributed by atoms with Crippen LogP contribution in [0.2, 0.25) is 0 Å². The Labute approximate surface area is 102 Å². The second-order valence-corrected chi connectivity index (χ2v) is 4.60. The summed E-state index contributed by atoms with van der Waals surface area (Å²) < 4.78 is 10.8. The van der Waals surface area contributed by atoms with E-state index in [0.717, 1.165) is 23.8 Å². The molecule has 0 amide bonds. The van der Waals surface area contributed by atoms with Gasteiger partial charge < -0.3 is 9.47 Å². The van der Waals surface area contributed by atoms with Crippen molar-refractivity contribution in [2.75, 3.05) is 13.4 Å². The molecule has 0 unspecified atom stereocenters. The molecule has 0 radical (unpaired) electrons. The molecule has 3 heteroatoms. The van der Waals surface area contributed by atoms with Gasteiger partial charge in [0.1, 0.15) is 11.5 Å². The van der Waals surface area contributed by atoms with Crippen molar-refractivity contribution in [2.24, 2.45) is 5.92 Å². The van der Waals surface area contributed by atoms with Crippen molar-refractivity contribution < 1.29 is 14.3 Å². The normalized spacial score (nSPS) is 14.6. The number of ether oxygens (including phenoxy) is 2. The van der Waals surface area contributed by atoms with E-state index >= 15 is 0 Å². The number of benzene rings is 1. The standard InChI is InChI=1S/C14H18O3/c1-11(15)8-12-4-6-14(7-5-12)17-10-16-9-13-2-3-13/h4-7,13H,2-3,8-10H2,1H3. The van der Waals surface area contributed by atoms with E-state index in [4.69, 9.17) is 9.47 Å². The number of carbonyl (C=O) groups excluding carboxylic acids is 1. The third-order valence-corrected chi connectivity index (χ3v) is 2.74. The van der Waals surface area contributed by atoms with E-state index in [-0.39, 0.29) is 5.78 Å². The highest BCUT2D eigenvalue weighted by atomic mass is 16.7. The Kier molecular flexibility index (Phi) is 4.15. The Balaban J connectivity index is 1.70. The van der Waals surface area contributed by atoms with Crippen molar-refractivity contribution in [1.29, 1.82) is 0 Å². The first-order valence-electron chi connectivity index (χ1n) is 6.03. The zero-order chi connectivity index (χ0) is 12.1. The molecule has 1 aliphatic rings. The van der Waals surface area contributed by atoms with Gasteiger partial charge in [0.05, 0.1) is 6.61 Å². The molecule has 0 saturated heterocycles. The number of carbonyl (C=O) groups is 1. The Hall–Kier alpha value is -1.35. The smallest absolute Gasteiger partial charge is 0.189 e. The van der Waals surface area contributed by atoms with Crippen LogP contribution in [0.1, 0.15) is 25.3 Å². The number of rotatable bonds is 7. The van der Waals surface area contributed by atoms with E-state index in [1.807, 2.05) is 24.3 Å². The van der Waals surface area contributed by atoms with Crippen LogP contribution < -0.4 is 4.74 Å². The quantitative estimate of drug-likeness (QED) is 0.537. The second kappa shape index (κ2) is 5.82. The molecule has 0 atom stereocenters. The van der Waals surface area contributed by atoms with Crippen LogP contribution in [0.25, 0.3) is 0 Å². The van der Waals surface area contributed by atoms with Crippen LogP contribution >= 0.6 is 0 Å². The summed E-state index contributed by atoms with van der Waals surface area (Å²) in [6, 6.07) is 7.58. The summed E-state index contributed by atoms with van der Waals surface area (Å²) in [5.74, 6) is 1.72. The number of hydrogen-bond donors (Lipinski definition) is 0. The molecule has 1 aromatic carbocycles. The van der Waals surface area contributed by atoms with Gasteiger partial charge >= 0.3 is 0 Å². The van der Waals surface area contributed by atoms with Crippen molar-refractivity contribution >= 4 is 5.78 Å². The molecule has 2 rings (SSSR count). The molecule has 0 heterocycles. The predicted molar refractivity (Wildman–Crippen MR) is 65.0 cm³/mol. The minimum Gasteiger partial charge on any atom is -0.468 e. The topological polar surface area (TPSA) is 35.5 Å². The van der Waals surface area contributed by atoms with Crippen LogP contribution in [0, 0.1) is 5.92 Å². The Morgan fingerprint density at radius 2 is 2.00 bits per heavy atom. The van der Waals surface area contributed by atoms with Crippen molar-refractivity contribution in [3.05, 3.63) is 29.8 Å². The SMILES string of the molecule is CC(=O)Cc1ccc(OCOCC2CC2)cc1. The van der Waals surface area contributed by atoms with Gasteiger partial charge in [0, 0.05) is 6.42 Å². The van der Waals surface area contributed by atoms with E-state index in [2.05, 4.69) is 0 Å². The van der Waals surface area contributed by atoms with Gasteiger partial charge in [-0.05, 0) is 43.4 Å². The fraction of sp³-hybridized carbons (Fsp3) is 0.500. The lowest BCUT2D eigenvalue weighted by atomic mass is 10.1. The van der Waals surface area contributed by atoms with Crippen molar-refractivity contribution in [1.82, 2.24) is 0 Å². The molecule has 0 N–H and O–H groups in total. The number of Topliss-reactive ketones (excluding diaryl/α,β-unsaturated/α-hetero) is 1. The van der Waals surface area contributed by atoms with Crippen molar-refractivity contribution in [3.8, 4) is 5.75 Å². The fourth-order valence-corrected chi connectivity index (χ4v) is 1.60. The number of hydrogen-bond acceptors (Lipinski definition) is 3. The summed E-state index contributed by atoms with van der Waals surface area (Å²) in [7, 11) is 0. The van der Waals surface area contributed by atoms with Crippen molar-refractivity contribution in [3.63, 3.8) is 0 Å². The highest BCUT2D eigenvalue weighted by Gasteiger charge is 2.20. The lowest BCUT2D eigenvalue weighted by Gasteiger charge is -2.07. The summed E-state index contributed by atoms with van der Waals surface area (Å²) >= 11 is 0. The van der Waals surface area contributed by atoms with Crippen LogP contribution in [0.3, 0.4) is 0 Å². The molecular weight excluding hydrogens is 216 g/mol. The highest BCUT2D eigenvalue weighted by molar-refractivity contribution is 5.78. The summed E-state index contributed by atoms with van der Waals surface area (Å²) in [4.78, 5) is 10.9. The molecule has 1 aliphatic carbocycles. The average molecular weight is 234 g/mol. The summed E-state index contributed by atoms with van der Waals surface area (Å²) in [5, 5.41) is 0. The Morgan fingerprint density at radius 3 is 2.59 bits per heavy atom. The molecule has 92 valence electrons. The zero-order valence-electron chi connectivity index (χ0n) is 10.1. The largest absolute Gasteiger partial charge is 0.468 e.